The van der Waals surface area contributed by atoms with Gasteiger partial charge in [-0.2, -0.15) is 0 Å². The average molecular weight is 160 g/mol. The molecule has 62 valence electrons. The lowest BCUT2D eigenvalue weighted by molar-refractivity contribution is 0.588. The SMILES string of the molecule is [C-]#[N+]c1cncc(C(C)(C)C)c1. The molecule has 0 aliphatic heterocycles. The Morgan fingerprint density at radius 2 is 2.00 bits per heavy atom. The lowest BCUT2D eigenvalue weighted by Crippen LogP contribution is -2.10. The molecule has 1 heterocycles. The van der Waals surface area contributed by atoms with Gasteiger partial charge in [0.2, 0.25) is 5.69 Å². The molecule has 1 aromatic heterocycles. The van der Waals surface area contributed by atoms with E-state index in [4.69, 9.17) is 6.57 Å². The fraction of sp³-hybridized carbons (Fsp3) is 0.400. The standard InChI is InChI=1S/C10H12N2/c1-10(2,3)8-5-9(11-4)7-12-6-8/h5-7H,1-3H3. The molecular weight excluding hydrogens is 148 g/mol. The largest absolute Gasteiger partial charge is 0.276 e. The van der Waals surface area contributed by atoms with Crippen LogP contribution in [0.2, 0.25) is 0 Å². The molecule has 0 bridgehead atoms. The Labute approximate surface area is 73.1 Å². The van der Waals surface area contributed by atoms with Gasteiger partial charge in [-0.25, -0.2) is 4.85 Å². The van der Waals surface area contributed by atoms with Crippen molar-refractivity contribution in [2.75, 3.05) is 0 Å². The van der Waals surface area contributed by atoms with Crippen molar-refractivity contribution in [1.29, 1.82) is 0 Å². The monoisotopic (exact) mass is 160 g/mol. The Morgan fingerprint density at radius 3 is 2.50 bits per heavy atom. The molecule has 0 amide bonds. The Balaban J connectivity index is 3.13. The van der Waals surface area contributed by atoms with Crippen LogP contribution in [0.15, 0.2) is 18.5 Å². The number of pyridine rings is 1. The molecule has 0 spiro atoms. The molecule has 0 radical (unpaired) electrons. The molecule has 0 aliphatic carbocycles. The van der Waals surface area contributed by atoms with Gasteiger partial charge in [-0.05, 0) is 17.0 Å². The van der Waals surface area contributed by atoms with Crippen LogP contribution in [0, 0.1) is 6.57 Å². The number of hydrogen-bond donors (Lipinski definition) is 0. The molecule has 0 unspecified atom stereocenters. The lowest BCUT2D eigenvalue weighted by atomic mass is 9.88. The summed E-state index contributed by atoms with van der Waals surface area (Å²) in [7, 11) is 0. The highest BCUT2D eigenvalue weighted by molar-refractivity contribution is 5.45. The van der Waals surface area contributed by atoms with E-state index in [0.717, 1.165) is 5.56 Å². The zero-order valence-electron chi connectivity index (χ0n) is 7.63. The molecule has 0 atom stereocenters. The molecule has 12 heavy (non-hydrogen) atoms. The van der Waals surface area contributed by atoms with Crippen LogP contribution in [0.5, 0.6) is 0 Å². The normalized spacial score (nSPS) is 10.8. The minimum absolute atomic E-state index is 0.0771. The van der Waals surface area contributed by atoms with Gasteiger partial charge in [-0.15, -0.1) is 0 Å². The summed E-state index contributed by atoms with van der Waals surface area (Å²) in [5.41, 5.74) is 1.80. The number of aromatic nitrogens is 1. The first-order valence-corrected chi connectivity index (χ1v) is 3.87. The molecule has 0 N–H and O–H groups in total. The van der Waals surface area contributed by atoms with Crippen LogP contribution in [0.4, 0.5) is 5.69 Å². The van der Waals surface area contributed by atoms with E-state index in [1.54, 1.807) is 6.20 Å². The smallest absolute Gasteiger partial charge is 0.205 e. The summed E-state index contributed by atoms with van der Waals surface area (Å²) >= 11 is 0. The second kappa shape index (κ2) is 2.94. The molecule has 2 heteroatoms. The third kappa shape index (κ3) is 1.82. The van der Waals surface area contributed by atoms with Crippen molar-refractivity contribution in [2.24, 2.45) is 0 Å². The van der Waals surface area contributed by atoms with Crippen LogP contribution in [0.1, 0.15) is 26.3 Å². The van der Waals surface area contributed by atoms with Crippen LogP contribution in [0.3, 0.4) is 0 Å². The summed E-state index contributed by atoms with van der Waals surface area (Å²) in [5, 5.41) is 0. The van der Waals surface area contributed by atoms with E-state index in [2.05, 4.69) is 30.6 Å². The molecule has 0 aliphatic rings. The fourth-order valence-electron chi connectivity index (χ4n) is 0.899. The maximum atomic E-state index is 6.83. The van der Waals surface area contributed by atoms with Gasteiger partial charge in [0.1, 0.15) is 0 Å². The highest BCUT2D eigenvalue weighted by Gasteiger charge is 2.13. The summed E-state index contributed by atoms with van der Waals surface area (Å²) in [4.78, 5) is 7.34. The van der Waals surface area contributed by atoms with Gasteiger partial charge in [0.05, 0.1) is 6.57 Å². The second-order valence-corrected chi connectivity index (χ2v) is 3.79. The number of nitrogens with zero attached hydrogens (tertiary/aromatic N) is 2. The van der Waals surface area contributed by atoms with E-state index in [-0.39, 0.29) is 5.41 Å². The first kappa shape index (κ1) is 8.73. The van der Waals surface area contributed by atoms with Crippen LogP contribution in [-0.4, -0.2) is 4.98 Å². The highest BCUT2D eigenvalue weighted by atomic mass is 14.7. The third-order valence-corrected chi connectivity index (χ3v) is 1.72. The molecule has 2 nitrogen and oxygen atoms in total. The number of rotatable bonds is 0. The summed E-state index contributed by atoms with van der Waals surface area (Å²) in [5.74, 6) is 0. The van der Waals surface area contributed by atoms with E-state index < -0.39 is 0 Å². The fourth-order valence-corrected chi connectivity index (χ4v) is 0.899. The van der Waals surface area contributed by atoms with Gasteiger partial charge in [0, 0.05) is 12.4 Å². The Bertz CT molecular complexity index is 315. The number of hydrogen-bond acceptors (Lipinski definition) is 1. The molecule has 1 aromatic rings. The quantitative estimate of drug-likeness (QED) is 0.533. The zero-order chi connectivity index (χ0) is 9.19. The van der Waals surface area contributed by atoms with Crippen molar-refractivity contribution in [3.8, 4) is 0 Å². The van der Waals surface area contributed by atoms with E-state index >= 15 is 0 Å². The van der Waals surface area contributed by atoms with Crippen LogP contribution < -0.4 is 0 Å². The topological polar surface area (TPSA) is 17.2 Å². The van der Waals surface area contributed by atoms with Gasteiger partial charge >= 0.3 is 0 Å². The Kier molecular flexibility index (Phi) is 2.14. The first-order valence-electron chi connectivity index (χ1n) is 3.87. The van der Waals surface area contributed by atoms with Gasteiger partial charge < -0.3 is 0 Å². The molecule has 1 rings (SSSR count). The minimum Gasteiger partial charge on any atom is -0.276 e. The predicted molar refractivity (Wildman–Crippen MR) is 49.2 cm³/mol. The zero-order valence-corrected chi connectivity index (χ0v) is 7.63. The summed E-state index contributed by atoms with van der Waals surface area (Å²) in [6.07, 6.45) is 3.40. The third-order valence-electron chi connectivity index (χ3n) is 1.72. The van der Waals surface area contributed by atoms with Crippen molar-refractivity contribution in [3.63, 3.8) is 0 Å². The molecule has 0 saturated heterocycles. The van der Waals surface area contributed by atoms with E-state index in [9.17, 15) is 0 Å². The Morgan fingerprint density at radius 1 is 1.33 bits per heavy atom. The first-order chi connectivity index (χ1) is 5.54. The Hall–Kier alpha value is -1.36. The molecule has 0 aromatic carbocycles. The van der Waals surface area contributed by atoms with Gasteiger partial charge in [-0.1, -0.05) is 20.8 Å². The predicted octanol–water partition coefficient (Wildman–Crippen LogP) is 2.93. The van der Waals surface area contributed by atoms with E-state index in [1.165, 1.54) is 0 Å². The molecule has 0 saturated carbocycles. The molecular formula is C10H12N2. The average Bonchev–Trinajstić information content (AvgIpc) is 2.03. The summed E-state index contributed by atoms with van der Waals surface area (Å²) in [6, 6.07) is 1.89. The maximum Gasteiger partial charge on any atom is 0.205 e. The second-order valence-electron chi connectivity index (χ2n) is 3.79. The highest BCUT2D eigenvalue weighted by Crippen LogP contribution is 2.24. The maximum absolute atomic E-state index is 6.83. The van der Waals surface area contributed by atoms with Crippen molar-refractivity contribution in [2.45, 2.75) is 26.2 Å². The van der Waals surface area contributed by atoms with Crippen molar-refractivity contribution >= 4 is 5.69 Å². The van der Waals surface area contributed by atoms with Crippen molar-refractivity contribution in [1.82, 2.24) is 4.98 Å². The van der Waals surface area contributed by atoms with Gasteiger partial charge in [0.25, 0.3) is 0 Å². The summed E-state index contributed by atoms with van der Waals surface area (Å²) in [6.45, 7) is 13.2. The van der Waals surface area contributed by atoms with Crippen LogP contribution in [-0.2, 0) is 5.41 Å². The van der Waals surface area contributed by atoms with E-state index in [0.29, 0.717) is 5.69 Å². The van der Waals surface area contributed by atoms with Gasteiger partial charge in [0.15, 0.2) is 0 Å². The van der Waals surface area contributed by atoms with Crippen LogP contribution in [0.25, 0.3) is 4.85 Å². The van der Waals surface area contributed by atoms with E-state index in [1.807, 2.05) is 12.3 Å². The summed E-state index contributed by atoms with van der Waals surface area (Å²) < 4.78 is 0. The van der Waals surface area contributed by atoms with Gasteiger partial charge in [-0.3, -0.25) is 4.98 Å². The minimum atomic E-state index is 0.0771. The van der Waals surface area contributed by atoms with Crippen LogP contribution >= 0.6 is 0 Å². The van der Waals surface area contributed by atoms with Crippen molar-refractivity contribution < 1.29 is 0 Å². The van der Waals surface area contributed by atoms with Crippen molar-refractivity contribution in [3.05, 3.63) is 35.4 Å². The molecule has 0 fully saturated rings. The lowest BCUT2D eigenvalue weighted by Gasteiger charge is -2.18.